The van der Waals surface area contributed by atoms with Crippen LogP contribution < -0.4 is 4.90 Å². The number of rotatable bonds is 2. The van der Waals surface area contributed by atoms with Gasteiger partial charge in [0, 0.05) is 23.3 Å². The molecule has 1 amide bonds. The molecule has 22 heavy (non-hydrogen) atoms. The maximum Gasteiger partial charge on any atom is 0.339 e. The normalized spacial score (nSPS) is 13.7. The van der Waals surface area contributed by atoms with Gasteiger partial charge in [-0.25, -0.2) is 9.78 Å². The molecule has 1 aliphatic rings. The summed E-state index contributed by atoms with van der Waals surface area (Å²) >= 11 is 5.96. The van der Waals surface area contributed by atoms with E-state index in [0.717, 1.165) is 5.56 Å². The Morgan fingerprint density at radius 2 is 2.14 bits per heavy atom. The fraction of sp³-hybridized carbons (Fsp3) is 0.188. The molecule has 2 heterocycles. The highest BCUT2D eigenvalue weighted by molar-refractivity contribution is 6.30. The smallest absolute Gasteiger partial charge is 0.339 e. The second-order valence-electron chi connectivity index (χ2n) is 4.90. The summed E-state index contributed by atoms with van der Waals surface area (Å²) in [6.07, 6.45) is 2.12. The summed E-state index contributed by atoms with van der Waals surface area (Å²) in [4.78, 5) is 29.7. The maximum absolute atomic E-state index is 12.6. The van der Waals surface area contributed by atoms with Crippen molar-refractivity contribution in [2.45, 2.75) is 6.42 Å². The molecule has 0 N–H and O–H groups in total. The van der Waals surface area contributed by atoms with Crippen molar-refractivity contribution in [1.82, 2.24) is 4.98 Å². The van der Waals surface area contributed by atoms with Crippen LogP contribution in [-0.4, -0.2) is 30.5 Å². The number of ether oxygens (including phenoxy) is 1. The Balaban J connectivity index is 1.89. The van der Waals surface area contributed by atoms with Crippen LogP contribution in [0.1, 0.15) is 26.3 Å². The van der Waals surface area contributed by atoms with E-state index in [1.165, 1.54) is 13.3 Å². The zero-order valence-electron chi connectivity index (χ0n) is 11.9. The maximum atomic E-state index is 12.6. The second kappa shape index (κ2) is 5.77. The Kier molecular flexibility index (Phi) is 3.81. The van der Waals surface area contributed by atoms with E-state index in [9.17, 15) is 9.59 Å². The third-order valence-corrected chi connectivity index (χ3v) is 3.83. The number of carbonyl (C=O) groups is 2. The van der Waals surface area contributed by atoms with Crippen molar-refractivity contribution in [1.29, 1.82) is 0 Å². The fourth-order valence-electron chi connectivity index (χ4n) is 2.46. The zero-order chi connectivity index (χ0) is 15.7. The molecule has 5 nitrogen and oxygen atoms in total. The van der Waals surface area contributed by atoms with Gasteiger partial charge in [-0.1, -0.05) is 11.6 Å². The Hall–Kier alpha value is -2.40. The van der Waals surface area contributed by atoms with E-state index in [1.807, 2.05) is 6.07 Å². The van der Waals surface area contributed by atoms with Gasteiger partial charge in [-0.05, 0) is 42.3 Å². The standard InChI is InChI=1S/C16H13ClN2O3/c1-22-16(21)11-2-5-14(18-9-11)19-7-6-10-8-12(17)3-4-13(10)15(19)20/h2-5,8-9H,6-7H2,1H3. The minimum absolute atomic E-state index is 0.115. The second-order valence-corrected chi connectivity index (χ2v) is 5.34. The third kappa shape index (κ3) is 2.55. The van der Waals surface area contributed by atoms with Crippen LogP contribution in [0.3, 0.4) is 0 Å². The third-order valence-electron chi connectivity index (χ3n) is 3.59. The lowest BCUT2D eigenvalue weighted by molar-refractivity contribution is 0.0600. The summed E-state index contributed by atoms with van der Waals surface area (Å²) in [5.41, 5.74) is 1.93. The summed E-state index contributed by atoms with van der Waals surface area (Å²) in [5.74, 6) is -0.0569. The molecule has 1 aromatic heterocycles. The molecule has 0 radical (unpaired) electrons. The summed E-state index contributed by atoms with van der Waals surface area (Å²) < 4.78 is 4.63. The van der Waals surface area contributed by atoms with Crippen molar-refractivity contribution in [3.8, 4) is 0 Å². The first-order valence-corrected chi connectivity index (χ1v) is 7.12. The first-order valence-electron chi connectivity index (χ1n) is 6.75. The Morgan fingerprint density at radius 1 is 1.32 bits per heavy atom. The number of amides is 1. The van der Waals surface area contributed by atoms with Gasteiger partial charge in [-0.15, -0.1) is 0 Å². The fourth-order valence-corrected chi connectivity index (χ4v) is 2.65. The topological polar surface area (TPSA) is 59.5 Å². The molecule has 112 valence electrons. The number of esters is 1. The minimum Gasteiger partial charge on any atom is -0.465 e. The van der Waals surface area contributed by atoms with Crippen molar-refractivity contribution < 1.29 is 14.3 Å². The van der Waals surface area contributed by atoms with Gasteiger partial charge in [0.2, 0.25) is 0 Å². The van der Waals surface area contributed by atoms with Crippen molar-refractivity contribution >= 4 is 29.3 Å². The molecule has 0 spiro atoms. The predicted molar refractivity (Wildman–Crippen MR) is 82.4 cm³/mol. The quantitative estimate of drug-likeness (QED) is 0.799. The van der Waals surface area contributed by atoms with E-state index in [-0.39, 0.29) is 5.91 Å². The lowest BCUT2D eigenvalue weighted by Crippen LogP contribution is -2.38. The van der Waals surface area contributed by atoms with E-state index >= 15 is 0 Å². The highest BCUT2D eigenvalue weighted by atomic mass is 35.5. The average molecular weight is 317 g/mol. The van der Waals surface area contributed by atoms with Crippen LogP contribution in [-0.2, 0) is 11.2 Å². The van der Waals surface area contributed by atoms with Crippen molar-refractivity contribution in [2.24, 2.45) is 0 Å². The Labute approximate surface area is 132 Å². The molecule has 0 unspecified atom stereocenters. The summed E-state index contributed by atoms with van der Waals surface area (Å²) in [7, 11) is 1.31. The van der Waals surface area contributed by atoms with Gasteiger partial charge in [0.15, 0.2) is 0 Å². The van der Waals surface area contributed by atoms with E-state index in [2.05, 4.69) is 9.72 Å². The zero-order valence-corrected chi connectivity index (χ0v) is 12.6. The van der Waals surface area contributed by atoms with Gasteiger partial charge in [-0.2, -0.15) is 0 Å². The number of halogens is 1. The number of fused-ring (bicyclic) bond motifs is 1. The number of benzene rings is 1. The molecule has 0 aliphatic carbocycles. The lowest BCUT2D eigenvalue weighted by atomic mass is 9.99. The monoisotopic (exact) mass is 316 g/mol. The first-order chi connectivity index (χ1) is 10.6. The molecule has 1 aliphatic heterocycles. The van der Waals surface area contributed by atoms with E-state index in [1.54, 1.807) is 29.2 Å². The molecular weight excluding hydrogens is 304 g/mol. The SMILES string of the molecule is COC(=O)c1ccc(N2CCc3cc(Cl)ccc3C2=O)nc1. The lowest BCUT2D eigenvalue weighted by Gasteiger charge is -2.27. The number of hydrogen-bond donors (Lipinski definition) is 0. The Morgan fingerprint density at radius 3 is 2.82 bits per heavy atom. The molecule has 3 rings (SSSR count). The van der Waals surface area contributed by atoms with Gasteiger partial charge in [0.05, 0.1) is 12.7 Å². The summed E-state index contributed by atoms with van der Waals surface area (Å²) in [6.45, 7) is 0.525. The number of anilines is 1. The Bertz CT molecular complexity index is 744. The van der Waals surface area contributed by atoms with Crippen molar-refractivity contribution in [2.75, 3.05) is 18.6 Å². The van der Waals surface area contributed by atoms with Crippen LogP contribution in [0.15, 0.2) is 36.5 Å². The number of carbonyl (C=O) groups excluding carboxylic acids is 2. The van der Waals surface area contributed by atoms with Crippen LogP contribution >= 0.6 is 11.6 Å². The van der Waals surface area contributed by atoms with Crippen LogP contribution in [0.25, 0.3) is 0 Å². The van der Waals surface area contributed by atoms with E-state index in [4.69, 9.17) is 11.6 Å². The van der Waals surface area contributed by atoms with Gasteiger partial charge in [0.25, 0.3) is 5.91 Å². The molecule has 0 atom stereocenters. The number of nitrogens with zero attached hydrogens (tertiary/aromatic N) is 2. The number of methoxy groups -OCH3 is 1. The summed E-state index contributed by atoms with van der Waals surface area (Å²) in [5, 5.41) is 0.626. The molecule has 1 aromatic carbocycles. The highest BCUT2D eigenvalue weighted by Gasteiger charge is 2.26. The van der Waals surface area contributed by atoms with Crippen LogP contribution in [0.2, 0.25) is 5.02 Å². The number of pyridine rings is 1. The molecule has 2 aromatic rings. The minimum atomic E-state index is -0.455. The van der Waals surface area contributed by atoms with Crippen LogP contribution in [0.5, 0.6) is 0 Å². The molecule has 0 saturated heterocycles. The molecule has 0 bridgehead atoms. The van der Waals surface area contributed by atoms with E-state index < -0.39 is 5.97 Å². The summed E-state index contributed by atoms with van der Waals surface area (Å²) in [6, 6.07) is 8.49. The van der Waals surface area contributed by atoms with Gasteiger partial charge in [0.1, 0.15) is 5.82 Å². The van der Waals surface area contributed by atoms with Crippen LogP contribution in [0.4, 0.5) is 5.82 Å². The number of hydrogen-bond acceptors (Lipinski definition) is 4. The highest BCUT2D eigenvalue weighted by Crippen LogP contribution is 2.25. The molecule has 6 heteroatoms. The van der Waals surface area contributed by atoms with Gasteiger partial charge < -0.3 is 4.74 Å². The molecule has 0 fully saturated rings. The number of aromatic nitrogens is 1. The van der Waals surface area contributed by atoms with Crippen molar-refractivity contribution in [3.63, 3.8) is 0 Å². The van der Waals surface area contributed by atoms with Gasteiger partial charge >= 0.3 is 5.97 Å². The molecular formula is C16H13ClN2O3. The average Bonchev–Trinajstić information content (AvgIpc) is 2.54. The largest absolute Gasteiger partial charge is 0.465 e. The van der Waals surface area contributed by atoms with Crippen LogP contribution in [0, 0.1) is 0 Å². The first kappa shape index (κ1) is 14.5. The predicted octanol–water partition coefficient (Wildman–Crippen LogP) is 2.72. The van der Waals surface area contributed by atoms with Gasteiger partial charge in [-0.3, -0.25) is 9.69 Å². The van der Waals surface area contributed by atoms with E-state index in [0.29, 0.717) is 34.9 Å². The van der Waals surface area contributed by atoms with Crippen molar-refractivity contribution in [3.05, 3.63) is 58.2 Å². The molecule has 0 saturated carbocycles.